The van der Waals surface area contributed by atoms with Gasteiger partial charge >= 0.3 is 11.9 Å². The first-order valence-electron chi connectivity index (χ1n) is 12.7. The zero-order chi connectivity index (χ0) is 29.1. The number of amides is 1. The van der Waals surface area contributed by atoms with E-state index in [4.69, 9.17) is 19.2 Å². The molecule has 2 aliphatic heterocycles. The highest BCUT2D eigenvalue weighted by Gasteiger charge is 2.83. The molecule has 2 aliphatic rings. The van der Waals surface area contributed by atoms with Crippen LogP contribution in [0, 0.1) is 21.7 Å². The van der Waals surface area contributed by atoms with E-state index in [1.54, 1.807) is 62.3 Å². The van der Waals surface area contributed by atoms with Gasteiger partial charge in [-0.3, -0.25) is 19.5 Å². The van der Waals surface area contributed by atoms with E-state index in [0.29, 0.717) is 0 Å². The number of Topliss-reactive ketones (excluding diaryl/α,β-unsaturated/α-hetero) is 1. The molecule has 2 heterocycles. The summed E-state index contributed by atoms with van der Waals surface area (Å²) in [6, 6.07) is -0.596. The molecule has 2 rings (SSSR count). The number of β-lactam (4-membered cyclic amide) rings is 1. The van der Waals surface area contributed by atoms with E-state index >= 15 is 0 Å². The summed E-state index contributed by atoms with van der Waals surface area (Å²) in [6.07, 6.45) is 0. The number of rotatable bonds is 5. The van der Waals surface area contributed by atoms with Gasteiger partial charge in [0.25, 0.3) is 11.7 Å². The molecule has 9 nitrogen and oxygen atoms in total. The van der Waals surface area contributed by atoms with E-state index in [-0.39, 0.29) is 23.7 Å². The second-order valence-corrected chi connectivity index (χ2v) is 13.4. The van der Waals surface area contributed by atoms with Gasteiger partial charge in [0.1, 0.15) is 11.6 Å². The van der Waals surface area contributed by atoms with Gasteiger partial charge in [0.15, 0.2) is 11.4 Å². The Balaban J connectivity index is 3.16. The van der Waals surface area contributed by atoms with Crippen molar-refractivity contribution in [2.45, 2.75) is 108 Å². The number of ketones is 1. The van der Waals surface area contributed by atoms with Crippen LogP contribution in [0.1, 0.15) is 90.0 Å². The lowest BCUT2D eigenvalue weighted by molar-refractivity contribution is -0.307. The van der Waals surface area contributed by atoms with Crippen molar-refractivity contribution in [2.75, 3.05) is 7.11 Å². The van der Waals surface area contributed by atoms with Crippen molar-refractivity contribution in [1.29, 1.82) is 0 Å². The van der Waals surface area contributed by atoms with Gasteiger partial charge in [-0.2, -0.15) is 0 Å². The number of nitrogens with zero attached hydrogens (tertiary/aromatic N) is 2. The Morgan fingerprint density at radius 1 is 0.919 bits per heavy atom. The van der Waals surface area contributed by atoms with E-state index in [1.165, 1.54) is 4.90 Å². The van der Waals surface area contributed by atoms with Gasteiger partial charge in [-0.15, -0.1) is 0 Å². The molecule has 0 aliphatic carbocycles. The molecular weight excluding hydrogens is 476 g/mol. The smallest absolute Gasteiger partial charge is 0.352 e. The maximum atomic E-state index is 14.5. The molecule has 1 fully saturated rings. The van der Waals surface area contributed by atoms with Crippen molar-refractivity contribution >= 4 is 29.5 Å². The quantitative estimate of drug-likeness (QED) is 0.228. The zero-order valence-electron chi connectivity index (χ0n) is 24.9. The number of carbonyl (C=O) groups excluding carboxylic acids is 4. The Kier molecular flexibility index (Phi) is 7.62. The van der Waals surface area contributed by atoms with Gasteiger partial charge in [0.05, 0.1) is 7.11 Å². The number of amidine groups is 1. The first-order chi connectivity index (χ1) is 16.5. The number of ether oxygens (including phenoxy) is 3. The predicted octanol–water partition coefficient (Wildman–Crippen LogP) is 4.43. The molecule has 0 radical (unpaired) electrons. The molecule has 2 atom stereocenters. The number of carbonyl (C=O) groups is 4. The molecule has 1 saturated heterocycles. The van der Waals surface area contributed by atoms with Crippen LogP contribution in [-0.4, -0.2) is 59.3 Å². The molecule has 0 N–H and O–H groups in total. The summed E-state index contributed by atoms with van der Waals surface area (Å²) in [5.41, 5.74) is -5.53. The minimum absolute atomic E-state index is 0.00805. The van der Waals surface area contributed by atoms with Crippen LogP contribution in [0.5, 0.6) is 0 Å². The molecule has 0 bridgehead atoms. The van der Waals surface area contributed by atoms with Gasteiger partial charge in [0, 0.05) is 28.3 Å². The average Bonchev–Trinajstić information content (AvgIpc) is 2.69. The van der Waals surface area contributed by atoms with Crippen molar-refractivity contribution in [3.05, 3.63) is 11.3 Å². The normalized spacial score (nSPS) is 26.4. The summed E-state index contributed by atoms with van der Waals surface area (Å²) >= 11 is 0. The topological polar surface area (TPSA) is 112 Å². The minimum Gasteiger partial charge on any atom is -0.465 e. The van der Waals surface area contributed by atoms with Crippen LogP contribution < -0.4 is 0 Å². The Morgan fingerprint density at radius 2 is 1.43 bits per heavy atom. The molecule has 0 aromatic heterocycles. The number of allylic oxidation sites excluding steroid dienone is 1. The fourth-order valence-electron chi connectivity index (χ4n) is 4.90. The van der Waals surface area contributed by atoms with Gasteiger partial charge < -0.3 is 14.2 Å². The number of cyclic esters (lactones) is 1. The van der Waals surface area contributed by atoms with Crippen LogP contribution in [0.4, 0.5) is 0 Å². The molecule has 208 valence electrons. The molecule has 0 spiro atoms. The fraction of sp³-hybridized carbons (Fsp3) is 0.750. The standard InChI is InChI=1S/C28H44N2O7/c1-15(2)29-22-27(21(33)25(8,9)10,23(34)30(22)16(3)4)28(26(11,12)13)36-18(24(5,6)7)17(19(31)35-14)20(32)37-28/h15-16H,1-14H3/t27-,28+/m0/s1. The van der Waals surface area contributed by atoms with E-state index in [9.17, 15) is 19.2 Å². The third kappa shape index (κ3) is 4.48. The summed E-state index contributed by atoms with van der Waals surface area (Å²) < 4.78 is 17.6. The Morgan fingerprint density at radius 3 is 1.78 bits per heavy atom. The monoisotopic (exact) mass is 520 g/mol. The lowest BCUT2D eigenvalue weighted by Crippen LogP contribution is -2.84. The second kappa shape index (κ2) is 9.24. The molecule has 0 saturated carbocycles. The van der Waals surface area contributed by atoms with Crippen LogP contribution >= 0.6 is 0 Å². The maximum Gasteiger partial charge on any atom is 0.352 e. The summed E-state index contributed by atoms with van der Waals surface area (Å²) in [4.78, 5) is 61.5. The Hall–Kier alpha value is -2.71. The number of aliphatic imine (C=N–C) groups is 1. The molecule has 1 amide bonds. The number of hydrogen-bond donors (Lipinski definition) is 0. The third-order valence-electron chi connectivity index (χ3n) is 6.49. The summed E-state index contributed by atoms with van der Waals surface area (Å²) in [5.74, 6) is -4.94. The van der Waals surface area contributed by atoms with Crippen LogP contribution in [0.3, 0.4) is 0 Å². The molecule has 0 aromatic carbocycles. The van der Waals surface area contributed by atoms with Gasteiger partial charge in [-0.1, -0.05) is 62.3 Å². The molecule has 9 heteroatoms. The first-order valence-corrected chi connectivity index (χ1v) is 12.7. The van der Waals surface area contributed by atoms with Crippen molar-refractivity contribution in [3.8, 4) is 0 Å². The summed E-state index contributed by atoms with van der Waals surface area (Å²) in [6.45, 7) is 23.0. The van der Waals surface area contributed by atoms with Gasteiger partial charge in [-0.05, 0) is 27.7 Å². The highest BCUT2D eigenvalue weighted by Crippen LogP contribution is 2.61. The lowest BCUT2D eigenvalue weighted by Gasteiger charge is -2.62. The predicted molar refractivity (Wildman–Crippen MR) is 139 cm³/mol. The van der Waals surface area contributed by atoms with Crippen molar-refractivity contribution in [2.24, 2.45) is 26.7 Å². The minimum atomic E-state index is -2.14. The number of methoxy groups -OCH3 is 1. The average molecular weight is 521 g/mol. The van der Waals surface area contributed by atoms with Crippen LogP contribution in [-0.2, 0) is 33.4 Å². The van der Waals surface area contributed by atoms with Crippen molar-refractivity contribution < 1.29 is 33.4 Å². The summed E-state index contributed by atoms with van der Waals surface area (Å²) in [7, 11) is 1.16. The Bertz CT molecular complexity index is 1060. The maximum absolute atomic E-state index is 14.5. The number of hydrogen-bond acceptors (Lipinski definition) is 8. The van der Waals surface area contributed by atoms with Crippen LogP contribution in [0.2, 0.25) is 0 Å². The third-order valence-corrected chi connectivity index (χ3v) is 6.49. The fourth-order valence-corrected chi connectivity index (χ4v) is 4.90. The molecule has 0 unspecified atom stereocenters. The first kappa shape index (κ1) is 30.5. The van der Waals surface area contributed by atoms with Gasteiger partial charge in [0.2, 0.25) is 5.41 Å². The van der Waals surface area contributed by atoms with Crippen molar-refractivity contribution in [3.63, 3.8) is 0 Å². The van der Waals surface area contributed by atoms with E-state index in [0.717, 1.165) is 7.11 Å². The zero-order valence-corrected chi connectivity index (χ0v) is 24.9. The van der Waals surface area contributed by atoms with E-state index < -0.39 is 56.6 Å². The van der Waals surface area contributed by atoms with E-state index in [2.05, 4.69) is 0 Å². The highest BCUT2D eigenvalue weighted by atomic mass is 16.7. The number of esters is 2. The van der Waals surface area contributed by atoms with E-state index in [1.807, 2.05) is 27.7 Å². The Labute approximate surface area is 221 Å². The van der Waals surface area contributed by atoms with Crippen LogP contribution in [0.25, 0.3) is 0 Å². The van der Waals surface area contributed by atoms with Gasteiger partial charge in [-0.25, -0.2) is 9.59 Å². The molecular formula is C28H44N2O7. The van der Waals surface area contributed by atoms with Crippen LogP contribution in [0.15, 0.2) is 16.3 Å². The van der Waals surface area contributed by atoms with Crippen molar-refractivity contribution in [1.82, 2.24) is 4.90 Å². The molecule has 0 aromatic rings. The molecule has 37 heavy (non-hydrogen) atoms. The largest absolute Gasteiger partial charge is 0.465 e. The SMILES string of the molecule is COC(=O)C1=C(C(C)(C)C)O[C@@](C(C)(C)C)([C@]2(C(=O)C(C)(C)C)C(=O)N(C(C)C)C2=NC(C)C)OC1=O. The lowest BCUT2D eigenvalue weighted by atomic mass is 9.54. The number of likely N-dealkylation sites (tertiary alicyclic amines) is 1. The highest BCUT2D eigenvalue weighted by molar-refractivity contribution is 6.38. The second-order valence-electron chi connectivity index (χ2n) is 13.4. The summed E-state index contributed by atoms with van der Waals surface area (Å²) in [5, 5.41) is 0.